The maximum atomic E-state index is 11.8. The van der Waals surface area contributed by atoms with Crippen LogP contribution < -0.4 is 4.74 Å². The molecule has 0 radical (unpaired) electrons. The lowest BCUT2D eigenvalue weighted by Gasteiger charge is -2.04. The Kier molecular flexibility index (Phi) is 3.93. The van der Waals surface area contributed by atoms with Crippen LogP contribution in [0.2, 0.25) is 0 Å². The van der Waals surface area contributed by atoms with E-state index in [9.17, 15) is 18.4 Å². The number of methoxy groups -OCH3 is 1. The Bertz CT molecular complexity index is 386. The standard InChI is InChI=1S/C10H8F2O4/c1-15-9(14)8(13)6-2-4-7(5-3-6)16-10(11)12/h2-5,10H,1H3. The molecule has 0 aliphatic heterocycles. The maximum absolute atomic E-state index is 11.8. The van der Waals surface area contributed by atoms with E-state index in [0.717, 1.165) is 7.11 Å². The summed E-state index contributed by atoms with van der Waals surface area (Å²) in [6.07, 6.45) is 0. The third kappa shape index (κ3) is 3.01. The first kappa shape index (κ1) is 12.1. The lowest BCUT2D eigenvalue weighted by molar-refractivity contribution is -0.135. The fraction of sp³-hybridized carbons (Fsp3) is 0.200. The minimum absolute atomic E-state index is 0.0495. The summed E-state index contributed by atoms with van der Waals surface area (Å²) in [5.74, 6) is -1.94. The molecule has 86 valence electrons. The molecule has 1 aromatic rings. The average molecular weight is 230 g/mol. The molecule has 0 atom stereocenters. The number of ketones is 1. The zero-order valence-electron chi connectivity index (χ0n) is 8.28. The molecule has 0 unspecified atom stereocenters. The Hall–Kier alpha value is -1.98. The van der Waals surface area contributed by atoms with Crippen LogP contribution in [-0.4, -0.2) is 25.5 Å². The van der Waals surface area contributed by atoms with Gasteiger partial charge in [-0.2, -0.15) is 8.78 Å². The van der Waals surface area contributed by atoms with E-state index in [0.29, 0.717) is 0 Å². The van der Waals surface area contributed by atoms with Crippen molar-refractivity contribution >= 4 is 11.8 Å². The number of halogens is 2. The lowest BCUT2D eigenvalue weighted by atomic mass is 10.1. The van der Waals surface area contributed by atoms with E-state index in [4.69, 9.17) is 0 Å². The van der Waals surface area contributed by atoms with Crippen LogP contribution in [0.3, 0.4) is 0 Å². The van der Waals surface area contributed by atoms with E-state index in [2.05, 4.69) is 9.47 Å². The molecule has 0 saturated carbocycles. The number of alkyl halides is 2. The Morgan fingerprint density at radius 2 is 1.75 bits per heavy atom. The molecule has 1 aromatic carbocycles. The molecule has 0 amide bonds. The van der Waals surface area contributed by atoms with Crippen LogP contribution in [0.5, 0.6) is 5.75 Å². The number of hydrogen-bond donors (Lipinski definition) is 0. The van der Waals surface area contributed by atoms with E-state index in [1.54, 1.807) is 0 Å². The topological polar surface area (TPSA) is 52.6 Å². The van der Waals surface area contributed by atoms with Crippen LogP contribution in [0.25, 0.3) is 0 Å². The average Bonchev–Trinajstić information content (AvgIpc) is 2.27. The van der Waals surface area contributed by atoms with Crippen molar-refractivity contribution in [3.05, 3.63) is 29.8 Å². The van der Waals surface area contributed by atoms with Gasteiger partial charge in [-0.25, -0.2) is 4.79 Å². The van der Waals surface area contributed by atoms with Gasteiger partial charge in [-0.05, 0) is 24.3 Å². The zero-order valence-corrected chi connectivity index (χ0v) is 8.28. The third-order valence-electron chi connectivity index (χ3n) is 1.71. The van der Waals surface area contributed by atoms with E-state index in [1.165, 1.54) is 24.3 Å². The molecule has 0 bridgehead atoms. The summed E-state index contributed by atoms with van der Waals surface area (Å²) in [5, 5.41) is 0. The molecule has 0 saturated heterocycles. The fourth-order valence-electron chi connectivity index (χ4n) is 0.998. The predicted molar refractivity (Wildman–Crippen MR) is 49.4 cm³/mol. The van der Waals surface area contributed by atoms with Crippen LogP contribution in [0, 0.1) is 0 Å². The molecule has 1 rings (SSSR count). The zero-order chi connectivity index (χ0) is 12.1. The Morgan fingerprint density at radius 1 is 1.19 bits per heavy atom. The van der Waals surface area contributed by atoms with Gasteiger partial charge in [0.05, 0.1) is 7.11 Å². The van der Waals surface area contributed by atoms with E-state index in [-0.39, 0.29) is 11.3 Å². The van der Waals surface area contributed by atoms with Gasteiger partial charge in [0.25, 0.3) is 5.78 Å². The molecule has 4 nitrogen and oxygen atoms in total. The molecule has 0 aromatic heterocycles. The lowest BCUT2D eigenvalue weighted by Crippen LogP contribution is -2.15. The van der Waals surface area contributed by atoms with Crippen LogP contribution in [0.1, 0.15) is 10.4 Å². The first-order valence-electron chi connectivity index (χ1n) is 4.22. The molecule has 0 aliphatic rings. The summed E-state index contributed by atoms with van der Waals surface area (Å²) in [4.78, 5) is 22.1. The van der Waals surface area contributed by atoms with Gasteiger partial charge in [0, 0.05) is 5.56 Å². The summed E-state index contributed by atoms with van der Waals surface area (Å²) in [6, 6.07) is 4.75. The number of carbonyl (C=O) groups is 2. The fourth-order valence-corrected chi connectivity index (χ4v) is 0.998. The second-order valence-electron chi connectivity index (χ2n) is 2.72. The van der Waals surface area contributed by atoms with Crippen LogP contribution in [0.15, 0.2) is 24.3 Å². The van der Waals surface area contributed by atoms with Crippen molar-refractivity contribution in [1.29, 1.82) is 0 Å². The van der Waals surface area contributed by atoms with E-state index in [1.807, 2.05) is 0 Å². The summed E-state index contributed by atoms with van der Waals surface area (Å²) < 4.78 is 31.9. The van der Waals surface area contributed by atoms with E-state index < -0.39 is 18.4 Å². The monoisotopic (exact) mass is 230 g/mol. The van der Waals surface area contributed by atoms with Crippen LogP contribution >= 0.6 is 0 Å². The van der Waals surface area contributed by atoms with Gasteiger partial charge in [-0.15, -0.1) is 0 Å². The van der Waals surface area contributed by atoms with Crippen molar-refractivity contribution in [2.24, 2.45) is 0 Å². The molecule has 0 heterocycles. The van der Waals surface area contributed by atoms with Gasteiger partial charge >= 0.3 is 12.6 Å². The normalized spacial score (nSPS) is 10.0. The van der Waals surface area contributed by atoms with E-state index >= 15 is 0 Å². The smallest absolute Gasteiger partial charge is 0.387 e. The quantitative estimate of drug-likeness (QED) is 0.448. The SMILES string of the molecule is COC(=O)C(=O)c1ccc(OC(F)F)cc1. The van der Waals surface area contributed by atoms with Gasteiger partial charge in [-0.3, -0.25) is 4.79 Å². The van der Waals surface area contributed by atoms with Crippen LogP contribution in [0.4, 0.5) is 8.78 Å². The predicted octanol–water partition coefficient (Wildman–Crippen LogP) is 1.64. The maximum Gasteiger partial charge on any atom is 0.387 e. The van der Waals surface area contributed by atoms with Gasteiger partial charge in [-0.1, -0.05) is 0 Å². The molecule has 16 heavy (non-hydrogen) atoms. The minimum Gasteiger partial charge on any atom is -0.463 e. The molecular weight excluding hydrogens is 222 g/mol. The van der Waals surface area contributed by atoms with Crippen molar-refractivity contribution < 1.29 is 27.8 Å². The molecule has 6 heteroatoms. The number of carbonyl (C=O) groups excluding carboxylic acids is 2. The van der Waals surface area contributed by atoms with Gasteiger partial charge in [0.2, 0.25) is 0 Å². The van der Waals surface area contributed by atoms with Gasteiger partial charge in [0.15, 0.2) is 0 Å². The van der Waals surface area contributed by atoms with Crippen molar-refractivity contribution in [3.8, 4) is 5.75 Å². The molecule has 0 aliphatic carbocycles. The van der Waals surface area contributed by atoms with Crippen molar-refractivity contribution in [2.45, 2.75) is 6.61 Å². The highest BCUT2D eigenvalue weighted by Gasteiger charge is 2.16. The highest BCUT2D eigenvalue weighted by Crippen LogP contribution is 2.15. The van der Waals surface area contributed by atoms with Crippen molar-refractivity contribution in [2.75, 3.05) is 7.11 Å². The van der Waals surface area contributed by atoms with Gasteiger partial charge < -0.3 is 9.47 Å². The summed E-state index contributed by atoms with van der Waals surface area (Å²) in [6.45, 7) is -2.93. The van der Waals surface area contributed by atoms with Gasteiger partial charge in [0.1, 0.15) is 5.75 Å². The second kappa shape index (κ2) is 5.20. The second-order valence-corrected chi connectivity index (χ2v) is 2.72. The Balaban J connectivity index is 2.78. The number of Topliss-reactive ketones (excluding diaryl/α,β-unsaturated/α-hetero) is 1. The molecule has 0 N–H and O–H groups in total. The summed E-state index contributed by atoms with van der Waals surface area (Å²) in [5.41, 5.74) is 0.0495. The number of rotatable bonds is 4. The highest BCUT2D eigenvalue weighted by atomic mass is 19.3. The number of benzene rings is 1. The van der Waals surface area contributed by atoms with Crippen molar-refractivity contribution in [1.82, 2.24) is 0 Å². The number of ether oxygens (including phenoxy) is 2. The summed E-state index contributed by atoms with van der Waals surface area (Å²) in [7, 11) is 1.08. The molecule has 0 fully saturated rings. The third-order valence-corrected chi connectivity index (χ3v) is 1.71. The first-order valence-corrected chi connectivity index (χ1v) is 4.22. The minimum atomic E-state index is -2.93. The van der Waals surface area contributed by atoms with Crippen LogP contribution in [-0.2, 0) is 9.53 Å². The Morgan fingerprint density at radius 3 is 2.19 bits per heavy atom. The molecular formula is C10H8F2O4. The number of esters is 1. The Labute approximate surface area is 89.8 Å². The largest absolute Gasteiger partial charge is 0.463 e. The summed E-state index contributed by atoms with van der Waals surface area (Å²) >= 11 is 0. The molecule has 0 spiro atoms. The van der Waals surface area contributed by atoms with Crippen molar-refractivity contribution in [3.63, 3.8) is 0 Å². The first-order chi connectivity index (χ1) is 7.54. The number of hydrogen-bond acceptors (Lipinski definition) is 4. The highest BCUT2D eigenvalue weighted by molar-refractivity contribution is 6.40.